The number of carbonyl (C=O) groups is 1. The number of carbonyl (C=O) groups excluding carboxylic acids is 1. The Hall–Kier alpha value is -2.79. The Morgan fingerprint density at radius 2 is 1.93 bits per heavy atom. The lowest BCUT2D eigenvalue weighted by Crippen LogP contribution is -2.38. The van der Waals surface area contributed by atoms with Gasteiger partial charge < -0.3 is 13.9 Å². The molecule has 0 spiro atoms. The summed E-state index contributed by atoms with van der Waals surface area (Å²) in [7, 11) is 1.39. The molecule has 1 saturated carbocycles. The Morgan fingerprint density at radius 1 is 1.15 bits per heavy atom. The van der Waals surface area contributed by atoms with Crippen molar-refractivity contribution in [1.82, 2.24) is 0 Å². The molecular weight excluding hydrogens is 368 g/mol. The molecule has 0 unspecified atom stereocenters. The zero-order valence-electron chi connectivity index (χ0n) is 14.6. The van der Waals surface area contributed by atoms with Gasteiger partial charge in [0.05, 0.1) is 29.0 Å². The zero-order valence-corrected chi connectivity index (χ0v) is 15.4. The molecule has 6 heteroatoms. The number of ether oxygens (including phenoxy) is 2. The van der Waals surface area contributed by atoms with Crippen LogP contribution in [0.25, 0.3) is 22.3 Å². The maximum absolute atomic E-state index is 12.5. The van der Waals surface area contributed by atoms with Gasteiger partial charge in [0.15, 0.2) is 11.0 Å². The van der Waals surface area contributed by atoms with Crippen molar-refractivity contribution in [2.75, 3.05) is 7.11 Å². The van der Waals surface area contributed by atoms with Crippen molar-refractivity contribution in [3.8, 4) is 17.1 Å². The summed E-state index contributed by atoms with van der Waals surface area (Å²) in [6, 6.07) is 13.9. The summed E-state index contributed by atoms with van der Waals surface area (Å²) < 4.78 is 16.7. The maximum atomic E-state index is 12.5. The van der Waals surface area contributed by atoms with Crippen LogP contribution in [0.4, 0.5) is 0 Å². The Kier molecular flexibility index (Phi) is 4.62. The van der Waals surface area contributed by atoms with Gasteiger partial charge in [0.1, 0.15) is 17.6 Å². The van der Waals surface area contributed by atoms with Crippen LogP contribution in [0.3, 0.4) is 0 Å². The molecule has 0 N–H and O–H groups in total. The lowest BCUT2D eigenvalue weighted by molar-refractivity contribution is -0.151. The van der Waals surface area contributed by atoms with Gasteiger partial charge in [-0.15, -0.1) is 0 Å². The van der Waals surface area contributed by atoms with Gasteiger partial charge in [-0.2, -0.15) is 0 Å². The van der Waals surface area contributed by atoms with Crippen molar-refractivity contribution in [2.45, 2.75) is 18.9 Å². The molecule has 1 fully saturated rings. The van der Waals surface area contributed by atoms with E-state index in [0.29, 0.717) is 45.9 Å². The molecule has 2 aromatic carbocycles. The summed E-state index contributed by atoms with van der Waals surface area (Å²) in [5.41, 5.74) is 0.849. The van der Waals surface area contributed by atoms with Crippen molar-refractivity contribution in [3.05, 3.63) is 63.8 Å². The second-order valence-corrected chi connectivity index (χ2v) is 6.93. The van der Waals surface area contributed by atoms with Gasteiger partial charge in [0.25, 0.3) is 0 Å². The van der Waals surface area contributed by atoms with Gasteiger partial charge in [-0.25, -0.2) is 0 Å². The van der Waals surface area contributed by atoms with Crippen LogP contribution >= 0.6 is 11.6 Å². The van der Waals surface area contributed by atoms with Crippen LogP contribution in [0.15, 0.2) is 57.7 Å². The smallest absolute Gasteiger partial charge is 0.308 e. The number of rotatable bonds is 4. The predicted molar refractivity (Wildman–Crippen MR) is 102 cm³/mol. The first-order valence-corrected chi connectivity index (χ1v) is 9.01. The lowest BCUT2D eigenvalue weighted by atomic mass is 9.82. The number of hydrogen-bond acceptors (Lipinski definition) is 5. The largest absolute Gasteiger partial charge is 0.490 e. The van der Waals surface area contributed by atoms with Crippen LogP contribution in [0.1, 0.15) is 12.8 Å². The number of benzene rings is 2. The first kappa shape index (κ1) is 17.6. The van der Waals surface area contributed by atoms with Crippen molar-refractivity contribution >= 4 is 28.5 Å². The molecule has 1 aromatic heterocycles. The Labute approximate surface area is 160 Å². The third-order valence-electron chi connectivity index (χ3n) is 4.78. The van der Waals surface area contributed by atoms with Crippen molar-refractivity contribution in [3.63, 3.8) is 0 Å². The van der Waals surface area contributed by atoms with E-state index < -0.39 is 0 Å². The molecule has 0 radical (unpaired) electrons. The first-order chi connectivity index (χ1) is 13.1. The second-order valence-electron chi connectivity index (χ2n) is 6.52. The fourth-order valence-electron chi connectivity index (χ4n) is 3.25. The zero-order chi connectivity index (χ0) is 19.0. The Balaban J connectivity index is 1.66. The summed E-state index contributed by atoms with van der Waals surface area (Å²) in [5, 5.41) is 0.814. The molecule has 0 amide bonds. The molecule has 1 aliphatic carbocycles. The van der Waals surface area contributed by atoms with E-state index in [2.05, 4.69) is 0 Å². The molecular formula is C21H17ClO5. The van der Waals surface area contributed by atoms with E-state index in [0.717, 1.165) is 0 Å². The molecule has 0 saturated heterocycles. The molecule has 4 rings (SSSR count). The first-order valence-electron chi connectivity index (χ1n) is 8.63. The third-order valence-corrected chi connectivity index (χ3v) is 5.08. The average Bonchev–Trinajstić information content (AvgIpc) is 2.65. The summed E-state index contributed by atoms with van der Waals surface area (Å²) in [5.74, 6) is 0.656. The third kappa shape index (κ3) is 3.30. The van der Waals surface area contributed by atoms with E-state index in [1.807, 2.05) is 24.3 Å². The normalized spacial score (nSPS) is 18.7. The molecule has 1 aliphatic rings. The highest BCUT2D eigenvalue weighted by atomic mass is 35.5. The minimum atomic E-state index is -0.210. The summed E-state index contributed by atoms with van der Waals surface area (Å²) in [6.45, 7) is 0. The summed E-state index contributed by atoms with van der Waals surface area (Å²) in [4.78, 5) is 24.0. The quantitative estimate of drug-likeness (QED) is 0.622. The summed E-state index contributed by atoms with van der Waals surface area (Å²) in [6.07, 6.45) is 1.13. The Morgan fingerprint density at radius 3 is 2.70 bits per heavy atom. The van der Waals surface area contributed by atoms with Crippen LogP contribution in [-0.4, -0.2) is 19.2 Å². The van der Waals surface area contributed by atoms with E-state index in [1.54, 1.807) is 18.2 Å². The fraction of sp³-hybridized carbons (Fsp3) is 0.238. The minimum Gasteiger partial charge on any atom is -0.490 e. The van der Waals surface area contributed by atoms with Crippen LogP contribution in [0, 0.1) is 5.92 Å². The molecule has 0 bridgehead atoms. The van der Waals surface area contributed by atoms with Crippen LogP contribution in [-0.2, 0) is 9.53 Å². The molecule has 138 valence electrons. The molecule has 3 aromatic rings. The fourth-order valence-corrected chi connectivity index (χ4v) is 3.46. The highest BCUT2D eigenvalue weighted by Gasteiger charge is 2.37. The number of halogens is 1. The number of hydrogen-bond donors (Lipinski definition) is 0. The highest BCUT2D eigenvalue weighted by Crippen LogP contribution is 2.37. The molecule has 0 atom stereocenters. The number of esters is 1. The maximum Gasteiger partial charge on any atom is 0.308 e. The number of methoxy groups -OCH3 is 1. The lowest BCUT2D eigenvalue weighted by Gasteiger charge is -2.33. The van der Waals surface area contributed by atoms with Gasteiger partial charge in [-0.1, -0.05) is 29.8 Å². The number of para-hydroxylation sites is 2. The standard InChI is InChI=1S/C21H17ClO5/c1-25-21(24)12-9-13(10-12)26-18-8-3-2-5-15(18)19-11-17(23)14-6-4-7-16(22)20(14)27-19/h2-8,11-13H,9-10H2,1H3. The topological polar surface area (TPSA) is 65.7 Å². The van der Waals surface area contributed by atoms with E-state index in [4.69, 9.17) is 25.5 Å². The van der Waals surface area contributed by atoms with E-state index in [-0.39, 0.29) is 23.4 Å². The molecule has 5 nitrogen and oxygen atoms in total. The van der Waals surface area contributed by atoms with Gasteiger partial charge >= 0.3 is 5.97 Å². The SMILES string of the molecule is COC(=O)C1CC(Oc2ccccc2-c2cc(=O)c3cccc(Cl)c3o2)C1. The van der Waals surface area contributed by atoms with E-state index >= 15 is 0 Å². The van der Waals surface area contributed by atoms with Crippen LogP contribution in [0.2, 0.25) is 5.02 Å². The van der Waals surface area contributed by atoms with Gasteiger partial charge in [-0.05, 0) is 37.1 Å². The summed E-state index contributed by atoms with van der Waals surface area (Å²) >= 11 is 6.20. The molecule has 0 aliphatic heterocycles. The average molecular weight is 385 g/mol. The van der Waals surface area contributed by atoms with Gasteiger partial charge in [0, 0.05) is 6.07 Å². The van der Waals surface area contributed by atoms with Crippen molar-refractivity contribution < 1.29 is 18.7 Å². The van der Waals surface area contributed by atoms with Crippen molar-refractivity contribution in [2.24, 2.45) is 5.92 Å². The van der Waals surface area contributed by atoms with Gasteiger partial charge in [-0.3, -0.25) is 9.59 Å². The minimum absolute atomic E-state index is 0.0778. The monoisotopic (exact) mass is 384 g/mol. The van der Waals surface area contributed by atoms with E-state index in [9.17, 15) is 9.59 Å². The van der Waals surface area contributed by atoms with Crippen molar-refractivity contribution in [1.29, 1.82) is 0 Å². The van der Waals surface area contributed by atoms with Crippen LogP contribution < -0.4 is 10.2 Å². The Bertz CT molecular complexity index is 1070. The number of fused-ring (bicyclic) bond motifs is 1. The van der Waals surface area contributed by atoms with Gasteiger partial charge in [0.2, 0.25) is 0 Å². The molecule has 1 heterocycles. The predicted octanol–water partition coefficient (Wildman–Crippen LogP) is 4.44. The van der Waals surface area contributed by atoms with E-state index in [1.165, 1.54) is 13.2 Å². The second kappa shape index (κ2) is 7.08. The van der Waals surface area contributed by atoms with Crippen LogP contribution in [0.5, 0.6) is 5.75 Å². The highest BCUT2D eigenvalue weighted by molar-refractivity contribution is 6.34. The molecule has 27 heavy (non-hydrogen) atoms.